The van der Waals surface area contributed by atoms with E-state index < -0.39 is 6.10 Å². The Morgan fingerprint density at radius 2 is 1.89 bits per heavy atom. The van der Waals surface area contributed by atoms with Crippen LogP contribution in [0.3, 0.4) is 0 Å². The molecule has 2 rings (SSSR count). The molecule has 0 aromatic heterocycles. The SMILES string of the molecule is O=C(Cc1ccc(F)cc1)NC1CCCCCC1O. The van der Waals surface area contributed by atoms with Crippen LogP contribution in [-0.4, -0.2) is 23.2 Å². The van der Waals surface area contributed by atoms with E-state index >= 15 is 0 Å². The third-order valence-electron chi connectivity index (χ3n) is 3.60. The summed E-state index contributed by atoms with van der Waals surface area (Å²) in [6.07, 6.45) is 4.53. The Morgan fingerprint density at radius 3 is 2.63 bits per heavy atom. The average Bonchev–Trinajstić information content (AvgIpc) is 2.58. The lowest BCUT2D eigenvalue weighted by molar-refractivity contribution is -0.122. The van der Waals surface area contributed by atoms with Gasteiger partial charge in [0.1, 0.15) is 5.82 Å². The van der Waals surface area contributed by atoms with Crippen LogP contribution in [0.15, 0.2) is 24.3 Å². The van der Waals surface area contributed by atoms with E-state index in [1.807, 2.05) is 0 Å². The van der Waals surface area contributed by atoms with Crippen molar-refractivity contribution in [2.24, 2.45) is 0 Å². The maximum Gasteiger partial charge on any atom is 0.224 e. The van der Waals surface area contributed by atoms with Gasteiger partial charge < -0.3 is 10.4 Å². The molecular formula is C15H20FNO2. The lowest BCUT2D eigenvalue weighted by Crippen LogP contribution is -2.43. The quantitative estimate of drug-likeness (QED) is 0.823. The molecule has 1 aliphatic rings. The number of hydrogen-bond acceptors (Lipinski definition) is 2. The predicted molar refractivity (Wildman–Crippen MR) is 71.1 cm³/mol. The number of carbonyl (C=O) groups excluding carboxylic acids is 1. The minimum atomic E-state index is -0.445. The number of halogens is 1. The van der Waals surface area contributed by atoms with E-state index in [0.717, 1.165) is 37.7 Å². The molecule has 4 heteroatoms. The first-order valence-electron chi connectivity index (χ1n) is 6.87. The van der Waals surface area contributed by atoms with E-state index in [1.165, 1.54) is 12.1 Å². The molecule has 2 N–H and O–H groups in total. The summed E-state index contributed by atoms with van der Waals surface area (Å²) in [5, 5.41) is 12.8. The lowest BCUT2D eigenvalue weighted by Gasteiger charge is -2.21. The van der Waals surface area contributed by atoms with Gasteiger partial charge in [-0.05, 0) is 30.5 Å². The van der Waals surface area contributed by atoms with Crippen LogP contribution in [0, 0.1) is 5.82 Å². The second-order valence-corrected chi connectivity index (χ2v) is 5.18. The monoisotopic (exact) mass is 265 g/mol. The van der Waals surface area contributed by atoms with Crippen LogP contribution in [0.25, 0.3) is 0 Å². The van der Waals surface area contributed by atoms with Crippen molar-refractivity contribution in [3.8, 4) is 0 Å². The first-order valence-corrected chi connectivity index (χ1v) is 6.87. The van der Waals surface area contributed by atoms with E-state index in [2.05, 4.69) is 5.32 Å². The normalized spacial score (nSPS) is 23.7. The zero-order valence-electron chi connectivity index (χ0n) is 10.9. The fourth-order valence-electron chi connectivity index (χ4n) is 2.50. The summed E-state index contributed by atoms with van der Waals surface area (Å²) in [7, 11) is 0. The van der Waals surface area contributed by atoms with Crippen molar-refractivity contribution in [3.63, 3.8) is 0 Å². The van der Waals surface area contributed by atoms with Gasteiger partial charge in [0.2, 0.25) is 5.91 Å². The largest absolute Gasteiger partial charge is 0.391 e. The fourth-order valence-corrected chi connectivity index (χ4v) is 2.50. The van der Waals surface area contributed by atoms with E-state index in [9.17, 15) is 14.3 Å². The zero-order chi connectivity index (χ0) is 13.7. The second kappa shape index (κ2) is 6.66. The molecular weight excluding hydrogens is 245 g/mol. The minimum Gasteiger partial charge on any atom is -0.391 e. The Morgan fingerprint density at radius 1 is 1.21 bits per heavy atom. The van der Waals surface area contributed by atoms with Gasteiger partial charge in [0.25, 0.3) is 0 Å². The Labute approximate surface area is 112 Å². The fraction of sp³-hybridized carbons (Fsp3) is 0.533. The number of amides is 1. The Balaban J connectivity index is 1.87. The molecule has 2 atom stereocenters. The highest BCUT2D eigenvalue weighted by atomic mass is 19.1. The maximum atomic E-state index is 12.8. The van der Waals surface area contributed by atoms with Crippen LogP contribution in [0.1, 0.15) is 37.7 Å². The van der Waals surface area contributed by atoms with Crippen molar-refractivity contribution in [2.75, 3.05) is 0 Å². The first-order chi connectivity index (χ1) is 9.15. The Kier molecular flexibility index (Phi) is 4.91. The Bertz CT molecular complexity index is 419. The highest BCUT2D eigenvalue weighted by Gasteiger charge is 2.22. The van der Waals surface area contributed by atoms with E-state index in [-0.39, 0.29) is 24.2 Å². The van der Waals surface area contributed by atoms with Crippen molar-refractivity contribution in [3.05, 3.63) is 35.6 Å². The summed E-state index contributed by atoms with van der Waals surface area (Å²) < 4.78 is 12.8. The Hall–Kier alpha value is -1.42. The number of benzene rings is 1. The molecule has 0 bridgehead atoms. The second-order valence-electron chi connectivity index (χ2n) is 5.18. The molecule has 3 nitrogen and oxygen atoms in total. The van der Waals surface area contributed by atoms with Crippen molar-refractivity contribution in [2.45, 2.75) is 50.7 Å². The third kappa shape index (κ3) is 4.31. The van der Waals surface area contributed by atoms with Crippen LogP contribution in [0.5, 0.6) is 0 Å². The summed E-state index contributed by atoms with van der Waals surface area (Å²) in [5.41, 5.74) is 0.780. The zero-order valence-corrected chi connectivity index (χ0v) is 10.9. The molecule has 0 heterocycles. The van der Waals surface area contributed by atoms with Gasteiger partial charge in [-0.2, -0.15) is 0 Å². The molecule has 104 valence electrons. The minimum absolute atomic E-state index is 0.113. The molecule has 0 saturated heterocycles. The lowest BCUT2D eigenvalue weighted by atomic mass is 10.1. The summed E-state index contributed by atoms with van der Waals surface area (Å²) in [5.74, 6) is -0.416. The third-order valence-corrected chi connectivity index (χ3v) is 3.60. The van der Waals surface area contributed by atoms with Gasteiger partial charge in [0.05, 0.1) is 18.6 Å². The molecule has 0 spiro atoms. The maximum absolute atomic E-state index is 12.8. The van der Waals surface area contributed by atoms with Gasteiger partial charge in [-0.3, -0.25) is 4.79 Å². The van der Waals surface area contributed by atoms with Gasteiger partial charge >= 0.3 is 0 Å². The number of hydrogen-bond donors (Lipinski definition) is 2. The molecule has 1 aromatic rings. The summed E-state index contributed by atoms with van der Waals surface area (Å²) >= 11 is 0. The molecule has 0 aliphatic heterocycles. The average molecular weight is 265 g/mol. The van der Waals surface area contributed by atoms with Crippen LogP contribution in [0.2, 0.25) is 0 Å². The number of aliphatic hydroxyl groups excluding tert-OH is 1. The standard InChI is InChI=1S/C15H20FNO2/c16-12-8-6-11(7-9-12)10-15(19)17-13-4-2-1-3-5-14(13)18/h6-9,13-14,18H,1-5,10H2,(H,17,19). The molecule has 1 aliphatic carbocycles. The highest BCUT2D eigenvalue weighted by molar-refractivity contribution is 5.78. The van der Waals surface area contributed by atoms with Crippen molar-refractivity contribution >= 4 is 5.91 Å². The molecule has 1 fully saturated rings. The van der Waals surface area contributed by atoms with Gasteiger partial charge in [-0.1, -0.05) is 31.4 Å². The molecule has 1 saturated carbocycles. The number of carbonyl (C=O) groups is 1. The topological polar surface area (TPSA) is 49.3 Å². The van der Waals surface area contributed by atoms with Gasteiger partial charge in [0, 0.05) is 0 Å². The smallest absolute Gasteiger partial charge is 0.224 e. The van der Waals surface area contributed by atoms with Crippen LogP contribution >= 0.6 is 0 Å². The molecule has 1 aromatic carbocycles. The van der Waals surface area contributed by atoms with Crippen molar-refractivity contribution in [1.29, 1.82) is 0 Å². The van der Waals surface area contributed by atoms with Crippen LogP contribution in [0.4, 0.5) is 4.39 Å². The number of rotatable bonds is 3. The molecule has 0 radical (unpaired) electrons. The molecule has 19 heavy (non-hydrogen) atoms. The van der Waals surface area contributed by atoms with Gasteiger partial charge in [-0.25, -0.2) is 4.39 Å². The first kappa shape index (κ1) is 14.0. The summed E-state index contributed by atoms with van der Waals surface area (Å²) in [4.78, 5) is 11.9. The van der Waals surface area contributed by atoms with Crippen LogP contribution < -0.4 is 5.32 Å². The molecule has 1 amide bonds. The van der Waals surface area contributed by atoms with E-state index in [0.29, 0.717) is 0 Å². The van der Waals surface area contributed by atoms with Gasteiger partial charge in [0.15, 0.2) is 0 Å². The van der Waals surface area contributed by atoms with E-state index in [4.69, 9.17) is 0 Å². The van der Waals surface area contributed by atoms with Gasteiger partial charge in [-0.15, -0.1) is 0 Å². The highest BCUT2D eigenvalue weighted by Crippen LogP contribution is 2.18. The number of nitrogens with one attached hydrogen (secondary N) is 1. The summed E-state index contributed by atoms with van der Waals surface area (Å²) in [6, 6.07) is 5.78. The van der Waals surface area contributed by atoms with E-state index in [1.54, 1.807) is 12.1 Å². The van der Waals surface area contributed by atoms with Crippen molar-refractivity contribution < 1.29 is 14.3 Å². The van der Waals surface area contributed by atoms with Crippen molar-refractivity contribution in [1.82, 2.24) is 5.32 Å². The predicted octanol–water partition coefficient (Wildman–Crippen LogP) is 2.18. The summed E-state index contributed by atoms with van der Waals surface area (Å²) in [6.45, 7) is 0. The van der Waals surface area contributed by atoms with Crippen LogP contribution in [-0.2, 0) is 11.2 Å². The molecule has 2 unspecified atom stereocenters. The number of aliphatic hydroxyl groups is 1.